The van der Waals surface area contributed by atoms with E-state index in [1.54, 1.807) is 38.1 Å². The monoisotopic (exact) mass is 451 g/mol. The topological polar surface area (TPSA) is 81.2 Å². The number of carbonyl (C=O) groups is 3. The minimum absolute atomic E-state index is 0.0308. The maximum Gasteiger partial charge on any atom is 0.296 e. The van der Waals surface area contributed by atoms with Crippen LogP contribution in [0.15, 0.2) is 48.0 Å². The maximum absolute atomic E-state index is 14.3. The van der Waals surface area contributed by atoms with E-state index in [1.165, 1.54) is 21.9 Å². The van der Waals surface area contributed by atoms with Gasteiger partial charge in [-0.25, -0.2) is 4.39 Å². The molecule has 4 rings (SSSR count). The fourth-order valence-electron chi connectivity index (χ4n) is 4.67. The smallest absolute Gasteiger partial charge is 0.296 e. The Morgan fingerprint density at radius 1 is 1.12 bits per heavy atom. The van der Waals surface area contributed by atoms with Gasteiger partial charge in [0.1, 0.15) is 11.6 Å². The number of likely N-dealkylation sites (tertiary alicyclic amines) is 1. The molecule has 2 aromatic carbocycles. The number of aliphatic hydroxyl groups is 1. The first-order valence-corrected chi connectivity index (χ1v) is 10.8. The second-order valence-corrected chi connectivity index (χ2v) is 8.55. The van der Waals surface area contributed by atoms with Crippen LogP contribution in [0.4, 0.5) is 10.1 Å². The molecule has 0 aromatic heterocycles. The summed E-state index contributed by atoms with van der Waals surface area (Å²) in [5.74, 6) is -3.46. The van der Waals surface area contributed by atoms with Crippen molar-refractivity contribution < 1.29 is 23.9 Å². The van der Waals surface area contributed by atoms with Crippen LogP contribution in [0.5, 0.6) is 0 Å². The summed E-state index contributed by atoms with van der Waals surface area (Å²) in [6.45, 7) is 4.18. The number of amides is 2. The molecule has 2 heterocycles. The van der Waals surface area contributed by atoms with Gasteiger partial charge >= 0.3 is 0 Å². The van der Waals surface area contributed by atoms with E-state index in [0.717, 1.165) is 6.07 Å². The van der Waals surface area contributed by atoms with Gasteiger partial charge in [-0.05, 0) is 45.6 Å². The van der Waals surface area contributed by atoms with Crippen molar-refractivity contribution in [1.82, 2.24) is 9.80 Å². The van der Waals surface area contributed by atoms with Crippen LogP contribution in [0.2, 0.25) is 0 Å². The number of ketones is 1. The molecule has 1 atom stereocenters. The molecule has 1 N–H and O–H groups in total. The number of hydrogen-bond donors (Lipinski definition) is 1. The molecule has 2 aliphatic rings. The number of Topliss-reactive ketones (excluding diaryl/α,β-unsaturated/α-hetero) is 1. The van der Waals surface area contributed by atoms with Crippen LogP contribution >= 0.6 is 0 Å². The minimum Gasteiger partial charge on any atom is -0.507 e. The molecular weight excluding hydrogens is 425 g/mol. The number of halogens is 1. The lowest BCUT2D eigenvalue weighted by atomic mass is 9.82. The second-order valence-electron chi connectivity index (χ2n) is 8.55. The van der Waals surface area contributed by atoms with E-state index in [4.69, 9.17) is 0 Å². The van der Waals surface area contributed by atoms with Crippen molar-refractivity contribution in [2.24, 2.45) is 0 Å². The summed E-state index contributed by atoms with van der Waals surface area (Å²) in [4.78, 5) is 45.2. The van der Waals surface area contributed by atoms with E-state index in [-0.39, 0.29) is 17.7 Å². The average Bonchev–Trinajstić information content (AvgIpc) is 3.16. The molecule has 1 spiro atoms. The number of rotatable bonds is 5. The Balaban J connectivity index is 2.06. The van der Waals surface area contributed by atoms with E-state index in [9.17, 15) is 23.9 Å². The summed E-state index contributed by atoms with van der Waals surface area (Å²) >= 11 is 0. The van der Waals surface area contributed by atoms with Crippen molar-refractivity contribution in [2.45, 2.75) is 19.4 Å². The molecule has 1 saturated heterocycles. The molecule has 0 aliphatic carbocycles. The lowest BCUT2D eigenvalue weighted by molar-refractivity contribution is -0.143. The maximum atomic E-state index is 14.3. The number of nitrogens with zero attached hydrogens (tertiary/aromatic N) is 3. The van der Waals surface area contributed by atoms with Gasteiger partial charge in [-0.2, -0.15) is 0 Å². The van der Waals surface area contributed by atoms with Gasteiger partial charge < -0.3 is 19.8 Å². The predicted octanol–water partition coefficient (Wildman–Crippen LogP) is 2.64. The molecule has 2 aliphatic heterocycles. The van der Waals surface area contributed by atoms with Crippen LogP contribution in [-0.2, 0) is 19.9 Å². The third-order valence-electron chi connectivity index (χ3n) is 6.34. The Morgan fingerprint density at radius 3 is 2.45 bits per heavy atom. The van der Waals surface area contributed by atoms with Gasteiger partial charge in [-0.3, -0.25) is 14.4 Å². The number of aliphatic hydroxyl groups excluding tert-OH is 1. The van der Waals surface area contributed by atoms with Crippen LogP contribution in [0.25, 0.3) is 5.76 Å². The number of benzene rings is 2. The summed E-state index contributed by atoms with van der Waals surface area (Å²) in [6, 6.07) is 11.0. The van der Waals surface area contributed by atoms with Crippen LogP contribution < -0.4 is 4.90 Å². The van der Waals surface area contributed by atoms with Gasteiger partial charge in [0.15, 0.2) is 5.54 Å². The van der Waals surface area contributed by atoms with Gasteiger partial charge in [0.2, 0.25) is 0 Å². The van der Waals surface area contributed by atoms with Crippen LogP contribution in [-0.4, -0.2) is 66.2 Å². The highest BCUT2D eigenvalue weighted by Crippen LogP contribution is 2.53. The zero-order valence-electron chi connectivity index (χ0n) is 19.1. The van der Waals surface area contributed by atoms with Gasteiger partial charge in [-0.15, -0.1) is 0 Å². The molecule has 8 heteroatoms. The van der Waals surface area contributed by atoms with E-state index < -0.39 is 34.7 Å². The predicted molar refractivity (Wildman–Crippen MR) is 122 cm³/mol. The number of anilines is 1. The van der Waals surface area contributed by atoms with Crippen LogP contribution in [0, 0.1) is 12.7 Å². The van der Waals surface area contributed by atoms with Crippen molar-refractivity contribution in [3.05, 3.63) is 70.5 Å². The minimum atomic E-state index is -1.82. The van der Waals surface area contributed by atoms with E-state index in [0.29, 0.717) is 29.9 Å². The van der Waals surface area contributed by atoms with E-state index >= 15 is 0 Å². The first-order valence-electron chi connectivity index (χ1n) is 10.8. The summed E-state index contributed by atoms with van der Waals surface area (Å²) in [5, 5.41) is 11.3. The van der Waals surface area contributed by atoms with Gasteiger partial charge in [0, 0.05) is 30.8 Å². The van der Waals surface area contributed by atoms with E-state index in [1.807, 2.05) is 19.0 Å². The number of hydrogen-bond acceptors (Lipinski definition) is 5. The molecule has 33 heavy (non-hydrogen) atoms. The van der Waals surface area contributed by atoms with Crippen molar-refractivity contribution in [2.75, 3.05) is 38.6 Å². The van der Waals surface area contributed by atoms with Crippen molar-refractivity contribution in [1.29, 1.82) is 0 Å². The number of fused-ring (bicyclic) bond motifs is 2. The normalized spacial score (nSPS) is 21.6. The highest BCUT2D eigenvalue weighted by Gasteiger charge is 2.66. The molecule has 172 valence electrons. The zero-order valence-corrected chi connectivity index (χ0v) is 19.1. The molecule has 7 nitrogen and oxygen atoms in total. The number of para-hydroxylation sites is 1. The Kier molecular flexibility index (Phi) is 5.57. The number of likely N-dealkylation sites (N-methyl/N-ethyl adjacent to an activating group) is 2. The Hall–Kier alpha value is -3.52. The third kappa shape index (κ3) is 3.16. The summed E-state index contributed by atoms with van der Waals surface area (Å²) in [5.41, 5.74) is -0.729. The van der Waals surface area contributed by atoms with Crippen molar-refractivity contribution in [3.8, 4) is 0 Å². The SMILES string of the molecule is CCN1C(=O)C2(/C(=C(/O)c3ccc(C)c(F)c3)C(=O)C(=O)N2CCN(C)C)c2ccccc21. The van der Waals surface area contributed by atoms with Crippen molar-refractivity contribution >= 4 is 29.0 Å². The number of carbonyl (C=O) groups excluding carboxylic acids is 3. The Labute approximate surface area is 191 Å². The molecular formula is C25H26FN3O4. The van der Waals surface area contributed by atoms with Crippen LogP contribution in [0.3, 0.4) is 0 Å². The average molecular weight is 451 g/mol. The Bertz CT molecular complexity index is 1210. The highest BCUT2D eigenvalue weighted by molar-refractivity contribution is 6.50. The molecule has 0 radical (unpaired) electrons. The summed E-state index contributed by atoms with van der Waals surface area (Å²) < 4.78 is 14.3. The highest BCUT2D eigenvalue weighted by atomic mass is 19.1. The fourth-order valence-corrected chi connectivity index (χ4v) is 4.67. The lowest BCUT2D eigenvalue weighted by Crippen LogP contribution is -2.53. The first kappa shape index (κ1) is 22.7. The first-order chi connectivity index (χ1) is 15.7. The van der Waals surface area contributed by atoms with Gasteiger partial charge in [-0.1, -0.05) is 30.3 Å². The zero-order chi connectivity index (χ0) is 24.1. The van der Waals surface area contributed by atoms with Gasteiger partial charge in [0.05, 0.1) is 11.3 Å². The molecule has 0 saturated carbocycles. The Morgan fingerprint density at radius 2 is 1.82 bits per heavy atom. The summed E-state index contributed by atoms with van der Waals surface area (Å²) in [6.07, 6.45) is 0. The molecule has 0 bridgehead atoms. The third-order valence-corrected chi connectivity index (χ3v) is 6.34. The number of aryl methyl sites for hydroxylation is 1. The molecule has 2 aromatic rings. The fraction of sp³-hybridized carbons (Fsp3) is 0.320. The molecule has 1 unspecified atom stereocenters. The molecule has 1 fully saturated rings. The standard InChI is InChI=1S/C25H26FN3O4/c1-5-28-19-9-7-6-8-17(19)25(24(28)33)20(21(30)16-11-10-15(2)18(26)14-16)22(31)23(32)29(25)13-12-27(3)4/h6-11,14,30H,5,12-13H2,1-4H3/b21-20+. The van der Waals surface area contributed by atoms with Crippen molar-refractivity contribution in [3.63, 3.8) is 0 Å². The van der Waals surface area contributed by atoms with Crippen LogP contribution in [0.1, 0.15) is 23.6 Å². The summed E-state index contributed by atoms with van der Waals surface area (Å²) in [7, 11) is 3.64. The van der Waals surface area contributed by atoms with Gasteiger partial charge in [0.25, 0.3) is 17.6 Å². The lowest BCUT2D eigenvalue weighted by Gasteiger charge is -2.35. The molecule has 2 amide bonds. The van der Waals surface area contributed by atoms with E-state index in [2.05, 4.69) is 0 Å². The second kappa shape index (κ2) is 8.12. The largest absolute Gasteiger partial charge is 0.507 e. The quantitative estimate of drug-likeness (QED) is 0.430.